The first kappa shape index (κ1) is 14.3. The molecule has 4 nitrogen and oxygen atoms in total. The summed E-state index contributed by atoms with van der Waals surface area (Å²) in [6.07, 6.45) is 3.29. The molecule has 0 bridgehead atoms. The lowest BCUT2D eigenvalue weighted by molar-refractivity contribution is 0.794. The number of unbranched alkanes of at least 4 members (excludes halogenated alkanes) is 1. The molecular formula is C18H18N2O2. The van der Waals surface area contributed by atoms with Crippen molar-refractivity contribution in [3.05, 3.63) is 74.9 Å². The van der Waals surface area contributed by atoms with Crippen LogP contribution in [0.15, 0.2) is 58.1 Å². The zero-order valence-electron chi connectivity index (χ0n) is 12.5. The molecule has 0 spiro atoms. The zero-order chi connectivity index (χ0) is 15.5. The van der Waals surface area contributed by atoms with Crippen molar-refractivity contribution in [3.63, 3.8) is 0 Å². The summed E-state index contributed by atoms with van der Waals surface area (Å²) in [5.41, 5.74) is 1.67. The molecule has 0 fully saturated rings. The molecule has 0 saturated heterocycles. The molecule has 112 valence electrons. The van der Waals surface area contributed by atoms with Crippen molar-refractivity contribution in [1.82, 2.24) is 9.55 Å². The fourth-order valence-electron chi connectivity index (χ4n) is 2.59. The van der Waals surface area contributed by atoms with Crippen molar-refractivity contribution in [2.24, 2.45) is 0 Å². The highest BCUT2D eigenvalue weighted by Gasteiger charge is 2.08. The van der Waals surface area contributed by atoms with Gasteiger partial charge in [0.15, 0.2) is 0 Å². The van der Waals surface area contributed by atoms with Crippen LogP contribution in [-0.2, 0) is 6.42 Å². The van der Waals surface area contributed by atoms with Crippen LogP contribution in [0.3, 0.4) is 0 Å². The number of nitrogens with one attached hydrogen (secondary N) is 1. The third kappa shape index (κ3) is 2.60. The van der Waals surface area contributed by atoms with Crippen molar-refractivity contribution in [3.8, 4) is 5.69 Å². The smallest absolute Gasteiger partial charge is 0.306 e. The third-order valence-electron chi connectivity index (χ3n) is 3.82. The van der Waals surface area contributed by atoms with Crippen molar-refractivity contribution < 1.29 is 0 Å². The van der Waals surface area contributed by atoms with Crippen molar-refractivity contribution >= 4 is 10.9 Å². The summed E-state index contributed by atoms with van der Waals surface area (Å²) in [7, 11) is 0. The van der Waals surface area contributed by atoms with Gasteiger partial charge in [0.25, 0.3) is 5.56 Å². The van der Waals surface area contributed by atoms with Gasteiger partial charge in [-0.15, -0.1) is 0 Å². The predicted molar refractivity (Wildman–Crippen MR) is 88.8 cm³/mol. The second kappa shape index (κ2) is 6.02. The van der Waals surface area contributed by atoms with E-state index in [9.17, 15) is 9.59 Å². The molecule has 1 heterocycles. The Labute approximate surface area is 128 Å². The summed E-state index contributed by atoms with van der Waals surface area (Å²) in [6, 6.07) is 14.7. The number of H-pyrrole nitrogens is 1. The maximum absolute atomic E-state index is 12.5. The lowest BCUT2D eigenvalue weighted by Crippen LogP contribution is -2.33. The Hall–Kier alpha value is -2.62. The average Bonchev–Trinajstić information content (AvgIpc) is 2.54. The maximum Gasteiger partial charge on any atom is 0.333 e. The van der Waals surface area contributed by atoms with Gasteiger partial charge in [0.1, 0.15) is 0 Å². The predicted octanol–water partition coefficient (Wildman–Crippen LogP) is 3.02. The minimum atomic E-state index is -0.412. The van der Waals surface area contributed by atoms with Crippen molar-refractivity contribution in [2.45, 2.75) is 26.2 Å². The zero-order valence-corrected chi connectivity index (χ0v) is 12.5. The normalized spacial score (nSPS) is 11.0. The number of benzene rings is 2. The van der Waals surface area contributed by atoms with Gasteiger partial charge in [0.05, 0.1) is 16.6 Å². The number of aromatic nitrogens is 2. The van der Waals surface area contributed by atoms with E-state index in [0.29, 0.717) is 16.6 Å². The minimum absolute atomic E-state index is 0.291. The van der Waals surface area contributed by atoms with Crippen LogP contribution in [0.2, 0.25) is 0 Å². The third-order valence-corrected chi connectivity index (χ3v) is 3.82. The average molecular weight is 294 g/mol. The van der Waals surface area contributed by atoms with Gasteiger partial charge in [-0.25, -0.2) is 9.36 Å². The molecule has 0 aliphatic carbocycles. The molecule has 2 aromatic carbocycles. The van der Waals surface area contributed by atoms with E-state index in [1.165, 1.54) is 10.1 Å². The summed E-state index contributed by atoms with van der Waals surface area (Å²) in [6.45, 7) is 2.16. The van der Waals surface area contributed by atoms with Crippen LogP contribution < -0.4 is 11.2 Å². The summed E-state index contributed by atoms with van der Waals surface area (Å²) in [5.74, 6) is 0. The van der Waals surface area contributed by atoms with E-state index in [4.69, 9.17) is 0 Å². The Morgan fingerprint density at radius 3 is 2.45 bits per heavy atom. The summed E-state index contributed by atoms with van der Waals surface area (Å²) in [5, 5.41) is 0.511. The highest BCUT2D eigenvalue weighted by molar-refractivity contribution is 5.77. The lowest BCUT2D eigenvalue weighted by Gasteiger charge is -2.07. The molecule has 0 saturated carbocycles. The van der Waals surface area contributed by atoms with Gasteiger partial charge in [-0.1, -0.05) is 37.6 Å². The van der Waals surface area contributed by atoms with Crippen LogP contribution in [0.4, 0.5) is 0 Å². The maximum atomic E-state index is 12.5. The summed E-state index contributed by atoms with van der Waals surface area (Å²) < 4.78 is 1.19. The molecule has 3 rings (SSSR count). The molecular weight excluding hydrogens is 276 g/mol. The van der Waals surface area contributed by atoms with E-state index in [-0.39, 0.29) is 5.56 Å². The van der Waals surface area contributed by atoms with E-state index in [2.05, 4.69) is 11.9 Å². The highest BCUT2D eigenvalue weighted by Crippen LogP contribution is 2.10. The van der Waals surface area contributed by atoms with E-state index >= 15 is 0 Å². The van der Waals surface area contributed by atoms with E-state index in [1.807, 2.05) is 24.3 Å². The number of hydrogen-bond donors (Lipinski definition) is 1. The Balaban J connectivity index is 2.10. The monoisotopic (exact) mass is 294 g/mol. The van der Waals surface area contributed by atoms with Crippen LogP contribution in [0.1, 0.15) is 25.3 Å². The molecule has 0 amide bonds. The molecule has 0 aliphatic rings. The number of hydrogen-bond acceptors (Lipinski definition) is 2. The summed E-state index contributed by atoms with van der Waals surface area (Å²) >= 11 is 0. The van der Waals surface area contributed by atoms with E-state index in [1.54, 1.807) is 24.3 Å². The number of fused-ring (bicyclic) bond motifs is 1. The Bertz CT molecular complexity index is 905. The molecule has 0 radical (unpaired) electrons. The molecule has 0 aliphatic heterocycles. The number of rotatable bonds is 4. The van der Waals surface area contributed by atoms with Gasteiger partial charge in [0, 0.05) is 0 Å². The summed E-state index contributed by atoms with van der Waals surface area (Å²) in [4.78, 5) is 27.5. The molecule has 0 unspecified atom stereocenters. The molecule has 0 atom stereocenters. The number of aromatic amines is 1. The molecule has 1 aromatic heterocycles. The number of nitrogens with zero attached hydrogens (tertiary/aromatic N) is 1. The Morgan fingerprint density at radius 2 is 1.73 bits per heavy atom. The van der Waals surface area contributed by atoms with Gasteiger partial charge in [-0.05, 0) is 42.7 Å². The minimum Gasteiger partial charge on any atom is -0.306 e. The first-order valence-corrected chi connectivity index (χ1v) is 7.54. The van der Waals surface area contributed by atoms with E-state index in [0.717, 1.165) is 19.3 Å². The van der Waals surface area contributed by atoms with Crippen LogP contribution in [0.25, 0.3) is 16.6 Å². The lowest BCUT2D eigenvalue weighted by atomic mass is 10.1. The first-order chi connectivity index (χ1) is 10.7. The number of aryl methyl sites for hydroxylation is 1. The fourth-order valence-corrected chi connectivity index (χ4v) is 2.59. The van der Waals surface area contributed by atoms with Gasteiger partial charge in [0.2, 0.25) is 0 Å². The van der Waals surface area contributed by atoms with Crippen LogP contribution in [0.5, 0.6) is 0 Å². The second-order valence-corrected chi connectivity index (χ2v) is 5.39. The van der Waals surface area contributed by atoms with Gasteiger partial charge >= 0.3 is 5.69 Å². The standard InChI is InChI=1S/C18H18N2O2/c1-2-3-6-13-9-11-14(12-10-13)20-17(21)15-7-4-5-8-16(15)19-18(20)22/h4-5,7-12H,2-3,6H2,1H3,(H,19,22). The Kier molecular flexibility index (Phi) is 3.92. The van der Waals surface area contributed by atoms with Crippen molar-refractivity contribution in [2.75, 3.05) is 0 Å². The van der Waals surface area contributed by atoms with E-state index < -0.39 is 5.69 Å². The second-order valence-electron chi connectivity index (χ2n) is 5.39. The Morgan fingerprint density at radius 1 is 1.00 bits per heavy atom. The quantitative estimate of drug-likeness (QED) is 0.804. The molecule has 1 N–H and O–H groups in total. The van der Waals surface area contributed by atoms with Crippen LogP contribution in [0, 0.1) is 0 Å². The molecule has 4 heteroatoms. The van der Waals surface area contributed by atoms with Crippen LogP contribution >= 0.6 is 0 Å². The van der Waals surface area contributed by atoms with Gasteiger partial charge in [-0.2, -0.15) is 0 Å². The van der Waals surface area contributed by atoms with Gasteiger partial charge in [-0.3, -0.25) is 4.79 Å². The largest absolute Gasteiger partial charge is 0.333 e. The fraction of sp³-hybridized carbons (Fsp3) is 0.222. The topological polar surface area (TPSA) is 54.9 Å². The first-order valence-electron chi connectivity index (χ1n) is 7.54. The highest BCUT2D eigenvalue weighted by atomic mass is 16.2. The van der Waals surface area contributed by atoms with Crippen molar-refractivity contribution in [1.29, 1.82) is 0 Å². The van der Waals surface area contributed by atoms with Crippen LogP contribution in [-0.4, -0.2) is 9.55 Å². The SMILES string of the molecule is CCCCc1ccc(-n2c(=O)[nH]c3ccccc3c2=O)cc1. The number of para-hydroxylation sites is 1. The molecule has 22 heavy (non-hydrogen) atoms. The van der Waals surface area contributed by atoms with Gasteiger partial charge < -0.3 is 4.98 Å². The molecule has 3 aromatic rings.